The van der Waals surface area contributed by atoms with Gasteiger partial charge in [-0.05, 0) is 50.5 Å². The first kappa shape index (κ1) is 19.7. The lowest BCUT2D eigenvalue weighted by Gasteiger charge is -2.45. The van der Waals surface area contributed by atoms with E-state index < -0.39 is 0 Å². The highest BCUT2D eigenvalue weighted by molar-refractivity contribution is 5.41. The maximum atomic E-state index is 9.74. The number of benzene rings is 2. The number of methoxy groups -OCH3 is 1. The monoisotopic (exact) mass is 370 g/mol. The Bertz CT molecular complexity index is 745. The van der Waals surface area contributed by atoms with Crippen LogP contribution in [-0.2, 0) is 16.7 Å². The molecule has 146 valence electrons. The molecule has 0 saturated carbocycles. The molecule has 1 heterocycles. The Balaban J connectivity index is 1.65. The van der Waals surface area contributed by atoms with Gasteiger partial charge in [0.05, 0.1) is 19.3 Å². The number of phenols is 1. The van der Waals surface area contributed by atoms with E-state index in [1.807, 2.05) is 12.1 Å². The molecule has 1 aliphatic heterocycles. The van der Waals surface area contributed by atoms with Crippen molar-refractivity contribution < 1.29 is 19.9 Å². The Hall–Kier alpha value is -2.04. The van der Waals surface area contributed by atoms with Crippen LogP contribution in [0.4, 0.5) is 0 Å². The lowest BCUT2D eigenvalue weighted by atomic mass is 9.67. The van der Waals surface area contributed by atoms with Crippen molar-refractivity contribution in [2.75, 3.05) is 20.3 Å². The maximum absolute atomic E-state index is 9.74. The minimum absolute atomic E-state index is 0.0849. The van der Waals surface area contributed by atoms with Gasteiger partial charge in [0.2, 0.25) is 0 Å². The predicted molar refractivity (Wildman–Crippen MR) is 107 cm³/mol. The second kappa shape index (κ2) is 8.32. The number of nitrogens with two attached hydrogens (primary N) is 1. The summed E-state index contributed by atoms with van der Waals surface area (Å²) in [6.45, 7) is 7.15. The van der Waals surface area contributed by atoms with E-state index in [1.165, 1.54) is 5.56 Å². The quantitative estimate of drug-likeness (QED) is 0.735. The zero-order valence-corrected chi connectivity index (χ0v) is 16.7. The van der Waals surface area contributed by atoms with Gasteiger partial charge in [0, 0.05) is 24.0 Å². The Morgan fingerprint density at radius 3 is 2.63 bits per heavy atom. The van der Waals surface area contributed by atoms with Crippen LogP contribution in [-0.4, -0.2) is 31.0 Å². The molecular weight excluding hydrogens is 338 g/mol. The highest BCUT2D eigenvalue weighted by atomic mass is 16.5. The predicted octanol–water partition coefficient (Wildman–Crippen LogP) is 3.38. The Morgan fingerprint density at radius 1 is 1.15 bits per heavy atom. The number of quaternary nitrogens is 1. The first-order chi connectivity index (χ1) is 12.9. The third kappa shape index (κ3) is 4.82. The molecule has 2 aromatic carbocycles. The van der Waals surface area contributed by atoms with Gasteiger partial charge in [-0.2, -0.15) is 0 Å². The van der Waals surface area contributed by atoms with Crippen molar-refractivity contribution in [3.05, 3.63) is 59.7 Å². The smallest absolute Gasteiger partial charge is 0.160 e. The molecule has 1 saturated heterocycles. The summed E-state index contributed by atoms with van der Waals surface area (Å²) >= 11 is 0. The molecule has 1 atom stereocenters. The minimum Gasteiger partial charge on any atom is -0.504 e. The molecule has 0 aliphatic carbocycles. The summed E-state index contributed by atoms with van der Waals surface area (Å²) in [5.74, 6) is 0.724. The van der Waals surface area contributed by atoms with Gasteiger partial charge in [-0.25, -0.2) is 0 Å². The summed E-state index contributed by atoms with van der Waals surface area (Å²) in [5, 5.41) is 12.1. The summed E-state index contributed by atoms with van der Waals surface area (Å²) in [4.78, 5) is 0. The average Bonchev–Trinajstić information content (AvgIpc) is 2.66. The van der Waals surface area contributed by atoms with Crippen LogP contribution in [0, 0.1) is 0 Å². The van der Waals surface area contributed by atoms with Crippen molar-refractivity contribution in [1.29, 1.82) is 0 Å². The fourth-order valence-electron chi connectivity index (χ4n) is 4.37. The summed E-state index contributed by atoms with van der Waals surface area (Å²) in [6, 6.07) is 16.5. The number of rotatable bonds is 7. The summed E-state index contributed by atoms with van der Waals surface area (Å²) in [6.07, 6.45) is 3.24. The first-order valence-corrected chi connectivity index (χ1v) is 9.81. The zero-order chi connectivity index (χ0) is 19.3. The van der Waals surface area contributed by atoms with Gasteiger partial charge in [-0.15, -0.1) is 0 Å². The van der Waals surface area contributed by atoms with Gasteiger partial charge in [-0.1, -0.05) is 30.3 Å². The van der Waals surface area contributed by atoms with Crippen LogP contribution in [0.5, 0.6) is 11.5 Å². The third-order valence-corrected chi connectivity index (χ3v) is 5.67. The second-order valence-electron chi connectivity index (χ2n) is 8.22. The second-order valence-corrected chi connectivity index (χ2v) is 8.22. The summed E-state index contributed by atoms with van der Waals surface area (Å²) in [7, 11) is 1.58. The van der Waals surface area contributed by atoms with Crippen molar-refractivity contribution >= 4 is 0 Å². The van der Waals surface area contributed by atoms with Crippen molar-refractivity contribution in [3.8, 4) is 11.5 Å². The molecular formula is C23H32NO3+. The lowest BCUT2D eigenvalue weighted by Crippen LogP contribution is -2.83. The summed E-state index contributed by atoms with van der Waals surface area (Å²) in [5.41, 5.74) is 2.68. The van der Waals surface area contributed by atoms with E-state index >= 15 is 0 Å². The van der Waals surface area contributed by atoms with Gasteiger partial charge >= 0.3 is 0 Å². The van der Waals surface area contributed by atoms with Crippen molar-refractivity contribution in [2.24, 2.45) is 0 Å². The molecule has 1 fully saturated rings. The maximum Gasteiger partial charge on any atom is 0.160 e. The van der Waals surface area contributed by atoms with E-state index in [2.05, 4.69) is 49.5 Å². The van der Waals surface area contributed by atoms with Gasteiger partial charge in [0.15, 0.2) is 11.5 Å². The first-order valence-electron chi connectivity index (χ1n) is 9.81. The van der Waals surface area contributed by atoms with E-state index in [9.17, 15) is 5.11 Å². The number of phenolic OH excluding ortho intramolecular Hbond substituents is 1. The fourth-order valence-corrected chi connectivity index (χ4v) is 4.37. The van der Waals surface area contributed by atoms with Gasteiger partial charge in [0.1, 0.15) is 6.54 Å². The number of hydrogen-bond donors (Lipinski definition) is 2. The number of hydrogen-bond acceptors (Lipinski definition) is 3. The largest absolute Gasteiger partial charge is 0.504 e. The molecule has 2 aromatic rings. The van der Waals surface area contributed by atoms with Crippen molar-refractivity contribution in [3.63, 3.8) is 0 Å². The molecule has 0 bridgehead atoms. The minimum atomic E-state index is -0.0849. The van der Waals surface area contributed by atoms with Crippen LogP contribution in [0.25, 0.3) is 0 Å². The number of aromatic hydroxyl groups is 1. The molecule has 4 heteroatoms. The van der Waals surface area contributed by atoms with E-state index in [0.717, 1.165) is 44.5 Å². The van der Waals surface area contributed by atoms with E-state index in [4.69, 9.17) is 9.47 Å². The molecule has 0 unspecified atom stereocenters. The molecule has 1 aliphatic rings. The van der Waals surface area contributed by atoms with Crippen molar-refractivity contribution in [1.82, 2.24) is 0 Å². The van der Waals surface area contributed by atoms with Crippen LogP contribution in [0.1, 0.15) is 44.2 Å². The van der Waals surface area contributed by atoms with Gasteiger partial charge < -0.3 is 19.9 Å². The van der Waals surface area contributed by atoms with Crippen LogP contribution >= 0.6 is 0 Å². The highest BCUT2D eigenvalue weighted by Gasteiger charge is 2.42. The summed E-state index contributed by atoms with van der Waals surface area (Å²) < 4.78 is 11.2. The highest BCUT2D eigenvalue weighted by Crippen LogP contribution is 2.43. The Labute approximate surface area is 162 Å². The van der Waals surface area contributed by atoms with E-state index in [0.29, 0.717) is 5.75 Å². The SMILES string of the molecule is COc1cc(C[NH2+]CC[C@@]2(c3ccccc3)CCOC(C)(C)C2)ccc1O. The average molecular weight is 371 g/mol. The Kier molecular flexibility index (Phi) is 6.08. The van der Waals surface area contributed by atoms with Crippen LogP contribution in [0.15, 0.2) is 48.5 Å². The Morgan fingerprint density at radius 2 is 1.93 bits per heavy atom. The molecule has 0 amide bonds. The van der Waals surface area contributed by atoms with E-state index in [-0.39, 0.29) is 16.8 Å². The molecule has 0 spiro atoms. The van der Waals surface area contributed by atoms with Crippen LogP contribution in [0.2, 0.25) is 0 Å². The lowest BCUT2D eigenvalue weighted by molar-refractivity contribution is -0.672. The molecule has 3 rings (SSSR count). The molecule has 0 aromatic heterocycles. The van der Waals surface area contributed by atoms with Crippen LogP contribution in [0.3, 0.4) is 0 Å². The standard InChI is InChI=1S/C23H31NO3/c1-22(2)17-23(12-14-27-22,19-7-5-4-6-8-19)11-13-24-16-18-9-10-20(25)21(15-18)26-3/h4-10,15,24-25H,11-14,16-17H2,1-3H3/p+1/t23-/m1/s1. The molecule has 4 nitrogen and oxygen atoms in total. The van der Waals surface area contributed by atoms with Gasteiger partial charge in [0.25, 0.3) is 0 Å². The zero-order valence-electron chi connectivity index (χ0n) is 16.7. The normalized spacial score (nSPS) is 21.7. The van der Waals surface area contributed by atoms with E-state index in [1.54, 1.807) is 13.2 Å². The third-order valence-electron chi connectivity index (χ3n) is 5.67. The van der Waals surface area contributed by atoms with Crippen molar-refractivity contribution in [2.45, 2.75) is 50.7 Å². The molecule has 3 N–H and O–H groups in total. The van der Waals surface area contributed by atoms with Gasteiger partial charge in [-0.3, -0.25) is 0 Å². The molecule has 0 radical (unpaired) electrons. The molecule has 27 heavy (non-hydrogen) atoms. The fraction of sp³-hybridized carbons (Fsp3) is 0.478. The number of ether oxygens (including phenoxy) is 2. The van der Waals surface area contributed by atoms with Crippen LogP contribution < -0.4 is 10.1 Å². The topological polar surface area (TPSA) is 55.3 Å².